The zero-order valence-corrected chi connectivity index (χ0v) is 8.26. The normalized spacial score (nSPS) is 12.2. The van der Waals surface area contributed by atoms with Gasteiger partial charge in [0.25, 0.3) is 0 Å². The van der Waals surface area contributed by atoms with Crippen molar-refractivity contribution in [3.63, 3.8) is 0 Å². The first kappa shape index (κ1) is 9.04. The smallest absolute Gasteiger partial charge is 0.0635 e. The average Bonchev–Trinajstić information content (AvgIpc) is 2.35. The van der Waals surface area contributed by atoms with Gasteiger partial charge in [0, 0.05) is 7.05 Å². The van der Waals surface area contributed by atoms with E-state index < -0.39 is 0 Å². The third-order valence-corrected chi connectivity index (χ3v) is 2.12. The number of rotatable bonds is 2. The van der Waals surface area contributed by atoms with Crippen LogP contribution in [-0.4, -0.2) is 9.78 Å². The van der Waals surface area contributed by atoms with E-state index >= 15 is 0 Å². The van der Waals surface area contributed by atoms with Crippen molar-refractivity contribution in [2.75, 3.05) is 0 Å². The van der Waals surface area contributed by atoms with Crippen LogP contribution in [0.1, 0.15) is 31.5 Å². The summed E-state index contributed by atoms with van der Waals surface area (Å²) in [6.07, 6.45) is 5.20. The van der Waals surface area contributed by atoms with Crippen molar-refractivity contribution in [2.24, 2.45) is 7.05 Å². The van der Waals surface area contributed by atoms with Crippen molar-refractivity contribution in [1.82, 2.24) is 9.78 Å². The summed E-state index contributed by atoms with van der Waals surface area (Å²) < 4.78 is 1.91. The predicted octanol–water partition coefficient (Wildman–Crippen LogP) is 2.54. The van der Waals surface area contributed by atoms with Gasteiger partial charge in [0.2, 0.25) is 0 Å². The molecule has 0 fully saturated rings. The van der Waals surface area contributed by atoms with Crippen LogP contribution in [0.2, 0.25) is 0 Å². The lowest BCUT2D eigenvalue weighted by Gasteiger charge is -1.99. The van der Waals surface area contributed by atoms with Crippen LogP contribution < -0.4 is 0 Å². The number of allylic oxidation sites excluding steroid dienone is 1. The van der Waals surface area contributed by atoms with Crippen LogP contribution in [0.25, 0.3) is 6.08 Å². The molecule has 0 radical (unpaired) electrons. The Morgan fingerprint density at radius 3 is 2.75 bits per heavy atom. The van der Waals surface area contributed by atoms with E-state index in [4.69, 9.17) is 0 Å². The lowest BCUT2D eigenvalue weighted by molar-refractivity contribution is 0.758. The van der Waals surface area contributed by atoms with Crippen LogP contribution in [0.15, 0.2) is 11.8 Å². The highest BCUT2D eigenvalue weighted by molar-refractivity contribution is 5.51. The third-order valence-electron chi connectivity index (χ3n) is 2.12. The Morgan fingerprint density at radius 2 is 2.33 bits per heavy atom. The lowest BCUT2D eigenvalue weighted by atomic mass is 10.1. The van der Waals surface area contributed by atoms with Gasteiger partial charge in [0.15, 0.2) is 0 Å². The van der Waals surface area contributed by atoms with E-state index in [1.54, 1.807) is 0 Å². The highest BCUT2D eigenvalue weighted by Crippen LogP contribution is 2.11. The summed E-state index contributed by atoms with van der Waals surface area (Å²) in [4.78, 5) is 0. The molecule has 1 rings (SSSR count). The van der Waals surface area contributed by atoms with Crippen molar-refractivity contribution >= 4 is 6.08 Å². The molecular formula is C10H16N2. The fourth-order valence-corrected chi connectivity index (χ4v) is 1.10. The van der Waals surface area contributed by atoms with Crippen LogP contribution in [0, 0.1) is 6.92 Å². The molecule has 66 valence electrons. The molecule has 0 aromatic carbocycles. The second-order valence-corrected chi connectivity index (χ2v) is 3.18. The Kier molecular flexibility index (Phi) is 2.69. The van der Waals surface area contributed by atoms with Crippen LogP contribution in [0.5, 0.6) is 0 Å². The Balaban J connectivity index is 3.02. The molecule has 0 saturated carbocycles. The average molecular weight is 164 g/mol. The highest BCUT2D eigenvalue weighted by Gasteiger charge is 2.00. The number of aryl methyl sites for hydroxylation is 2. The molecule has 0 N–H and O–H groups in total. The van der Waals surface area contributed by atoms with Gasteiger partial charge in [0.1, 0.15) is 0 Å². The van der Waals surface area contributed by atoms with Crippen LogP contribution in [0.4, 0.5) is 0 Å². The van der Waals surface area contributed by atoms with Gasteiger partial charge in [-0.05, 0) is 31.9 Å². The fraction of sp³-hybridized carbons (Fsp3) is 0.500. The molecule has 0 saturated heterocycles. The summed E-state index contributed by atoms with van der Waals surface area (Å²) in [7, 11) is 1.97. The molecule has 0 unspecified atom stereocenters. The van der Waals surface area contributed by atoms with Gasteiger partial charge in [-0.1, -0.05) is 12.5 Å². The van der Waals surface area contributed by atoms with Crippen molar-refractivity contribution in [2.45, 2.75) is 27.2 Å². The monoisotopic (exact) mass is 164 g/mol. The van der Waals surface area contributed by atoms with E-state index in [0.29, 0.717) is 0 Å². The molecule has 12 heavy (non-hydrogen) atoms. The molecular weight excluding hydrogens is 148 g/mol. The quantitative estimate of drug-likeness (QED) is 0.656. The zero-order chi connectivity index (χ0) is 9.14. The summed E-state index contributed by atoms with van der Waals surface area (Å²) in [6, 6.07) is 0. The number of aromatic nitrogens is 2. The van der Waals surface area contributed by atoms with E-state index in [1.165, 1.54) is 16.8 Å². The molecule has 1 aromatic heterocycles. The van der Waals surface area contributed by atoms with E-state index in [9.17, 15) is 0 Å². The van der Waals surface area contributed by atoms with Gasteiger partial charge in [-0.3, -0.25) is 4.68 Å². The van der Waals surface area contributed by atoms with Crippen LogP contribution in [-0.2, 0) is 7.05 Å². The van der Waals surface area contributed by atoms with Crippen molar-refractivity contribution in [3.8, 4) is 0 Å². The Morgan fingerprint density at radius 1 is 1.67 bits per heavy atom. The third kappa shape index (κ3) is 1.76. The van der Waals surface area contributed by atoms with Crippen LogP contribution >= 0.6 is 0 Å². The van der Waals surface area contributed by atoms with E-state index in [0.717, 1.165) is 6.42 Å². The first-order valence-electron chi connectivity index (χ1n) is 4.31. The summed E-state index contributed by atoms with van der Waals surface area (Å²) in [5.74, 6) is 0. The maximum absolute atomic E-state index is 4.18. The van der Waals surface area contributed by atoms with Gasteiger partial charge in [-0.15, -0.1) is 0 Å². The van der Waals surface area contributed by atoms with Gasteiger partial charge in [0.05, 0.1) is 11.9 Å². The largest absolute Gasteiger partial charge is 0.268 e. The molecule has 0 bridgehead atoms. The number of hydrogen-bond donors (Lipinski definition) is 0. The summed E-state index contributed by atoms with van der Waals surface area (Å²) in [5.41, 5.74) is 3.85. The van der Waals surface area contributed by atoms with Crippen LogP contribution in [0.3, 0.4) is 0 Å². The minimum atomic E-state index is 1.10. The van der Waals surface area contributed by atoms with Crippen molar-refractivity contribution < 1.29 is 0 Å². The second kappa shape index (κ2) is 3.57. The Bertz CT molecular complexity index is 275. The molecule has 1 aromatic rings. The lowest BCUT2D eigenvalue weighted by Crippen LogP contribution is -1.93. The van der Waals surface area contributed by atoms with E-state index in [1.807, 2.05) is 17.9 Å². The molecule has 2 nitrogen and oxygen atoms in total. The SMILES string of the molecule is CC/C(C)=C\c1c(C)cnn1C. The summed E-state index contributed by atoms with van der Waals surface area (Å²) >= 11 is 0. The second-order valence-electron chi connectivity index (χ2n) is 3.18. The maximum Gasteiger partial charge on any atom is 0.0635 e. The Hall–Kier alpha value is -1.05. The Labute approximate surface area is 73.9 Å². The standard InChI is InChI=1S/C10H16N2/c1-5-8(2)6-10-9(3)7-11-12(10)4/h6-7H,5H2,1-4H3/b8-6-. The van der Waals surface area contributed by atoms with Gasteiger partial charge >= 0.3 is 0 Å². The number of hydrogen-bond acceptors (Lipinski definition) is 1. The van der Waals surface area contributed by atoms with Crippen molar-refractivity contribution in [3.05, 3.63) is 23.0 Å². The molecule has 0 spiro atoms. The molecule has 0 aliphatic rings. The fourth-order valence-electron chi connectivity index (χ4n) is 1.10. The number of nitrogens with zero attached hydrogens (tertiary/aromatic N) is 2. The summed E-state index contributed by atoms with van der Waals surface area (Å²) in [6.45, 7) is 6.39. The first-order chi connectivity index (χ1) is 5.65. The predicted molar refractivity (Wildman–Crippen MR) is 51.9 cm³/mol. The molecule has 2 heteroatoms. The van der Waals surface area contributed by atoms with Gasteiger partial charge in [-0.25, -0.2) is 0 Å². The van der Waals surface area contributed by atoms with E-state index in [2.05, 4.69) is 31.9 Å². The first-order valence-corrected chi connectivity index (χ1v) is 4.31. The van der Waals surface area contributed by atoms with Gasteiger partial charge in [-0.2, -0.15) is 5.10 Å². The van der Waals surface area contributed by atoms with E-state index in [-0.39, 0.29) is 0 Å². The zero-order valence-electron chi connectivity index (χ0n) is 8.26. The summed E-state index contributed by atoms with van der Waals surface area (Å²) in [5, 5.41) is 4.18. The molecule has 0 amide bonds. The minimum absolute atomic E-state index is 1.10. The molecule has 0 aliphatic carbocycles. The molecule has 0 aliphatic heterocycles. The minimum Gasteiger partial charge on any atom is -0.268 e. The molecule has 0 atom stereocenters. The molecule has 1 heterocycles. The topological polar surface area (TPSA) is 17.8 Å². The van der Waals surface area contributed by atoms with Gasteiger partial charge < -0.3 is 0 Å². The highest BCUT2D eigenvalue weighted by atomic mass is 15.3. The van der Waals surface area contributed by atoms with Crippen molar-refractivity contribution in [1.29, 1.82) is 0 Å². The maximum atomic E-state index is 4.18.